The first-order valence-electron chi connectivity index (χ1n) is 7.18. The Morgan fingerprint density at radius 2 is 2.23 bits per heavy atom. The molecular weight excluding hydrogens is 322 g/mol. The zero-order valence-corrected chi connectivity index (χ0v) is 15.0. The van der Waals surface area contributed by atoms with Gasteiger partial charge in [-0.3, -0.25) is 4.99 Å². The van der Waals surface area contributed by atoms with Gasteiger partial charge in [0, 0.05) is 26.4 Å². The van der Waals surface area contributed by atoms with Crippen LogP contribution in [0.1, 0.15) is 12.5 Å². The van der Waals surface area contributed by atoms with Gasteiger partial charge >= 0.3 is 0 Å². The first-order valence-corrected chi connectivity index (χ1v) is 10.2. The molecule has 0 radical (unpaired) electrons. The summed E-state index contributed by atoms with van der Waals surface area (Å²) in [5.41, 5.74) is 1.25. The highest BCUT2D eigenvalue weighted by Gasteiger charge is 2.06. The molecule has 1 aromatic heterocycles. The van der Waals surface area contributed by atoms with Gasteiger partial charge in [-0.2, -0.15) is 11.3 Å². The number of aliphatic imine (C=N–C) groups is 1. The first-order chi connectivity index (χ1) is 10.4. The third-order valence-electron chi connectivity index (χ3n) is 2.79. The smallest absolute Gasteiger partial charge is 0.194 e. The maximum atomic E-state index is 11.0. The Morgan fingerprint density at radius 1 is 1.45 bits per heavy atom. The van der Waals surface area contributed by atoms with Gasteiger partial charge in [-0.05, 0) is 29.3 Å². The predicted octanol–water partition coefficient (Wildman–Crippen LogP) is 1.21. The second kappa shape index (κ2) is 9.81. The maximum Gasteiger partial charge on any atom is 0.194 e. The summed E-state index contributed by atoms with van der Waals surface area (Å²) in [6.07, 6.45) is 1.21. The second-order valence-electron chi connectivity index (χ2n) is 4.97. The Bertz CT molecular complexity index is 542. The summed E-state index contributed by atoms with van der Waals surface area (Å²) in [5, 5.41) is 7.42. The van der Waals surface area contributed by atoms with Crippen molar-refractivity contribution in [3.05, 3.63) is 22.4 Å². The van der Waals surface area contributed by atoms with Gasteiger partial charge in [0.1, 0.15) is 9.84 Å². The van der Waals surface area contributed by atoms with Gasteiger partial charge in [0.15, 0.2) is 5.96 Å². The van der Waals surface area contributed by atoms with E-state index >= 15 is 0 Å². The van der Waals surface area contributed by atoms with E-state index in [-0.39, 0.29) is 12.4 Å². The van der Waals surface area contributed by atoms with Gasteiger partial charge in [0.25, 0.3) is 0 Å². The van der Waals surface area contributed by atoms with E-state index in [1.165, 1.54) is 11.8 Å². The molecule has 0 amide bonds. The monoisotopic (exact) mass is 347 g/mol. The molecule has 0 saturated heterocycles. The molecule has 0 atom stereocenters. The van der Waals surface area contributed by atoms with Crippen LogP contribution in [0, 0.1) is 0 Å². The summed E-state index contributed by atoms with van der Waals surface area (Å²) in [7, 11) is -0.969. The lowest BCUT2D eigenvalue weighted by atomic mass is 10.3. The quantitative estimate of drug-likeness (QED) is 0.413. The molecule has 0 unspecified atom stereocenters. The Labute approximate surface area is 137 Å². The first kappa shape index (κ1) is 18.9. The standard InChI is InChI=1S/C14H25N3O3S2/c1-4-15-14(17(2)11-13-5-9-21-12-13)16-6-7-20-8-10-22(3,18)19/h5,9,12H,4,6-8,10-11H2,1-3H3,(H,15,16). The van der Waals surface area contributed by atoms with E-state index in [1.807, 2.05) is 14.0 Å². The molecule has 0 spiro atoms. The van der Waals surface area contributed by atoms with Crippen LogP contribution >= 0.6 is 11.3 Å². The molecule has 0 aliphatic heterocycles. The van der Waals surface area contributed by atoms with Gasteiger partial charge < -0.3 is 15.0 Å². The number of hydrogen-bond acceptors (Lipinski definition) is 5. The lowest BCUT2D eigenvalue weighted by Crippen LogP contribution is -2.38. The van der Waals surface area contributed by atoms with Crippen molar-refractivity contribution >= 4 is 27.1 Å². The average molecular weight is 348 g/mol. The Balaban J connectivity index is 2.37. The van der Waals surface area contributed by atoms with Gasteiger partial charge in [0.05, 0.1) is 25.5 Å². The summed E-state index contributed by atoms with van der Waals surface area (Å²) in [6, 6.07) is 2.10. The molecule has 0 saturated carbocycles. The van der Waals surface area contributed by atoms with Crippen molar-refractivity contribution in [2.45, 2.75) is 13.5 Å². The summed E-state index contributed by atoms with van der Waals surface area (Å²) >= 11 is 1.68. The van der Waals surface area contributed by atoms with Crippen molar-refractivity contribution in [2.75, 3.05) is 45.4 Å². The Kier molecular flexibility index (Phi) is 8.44. The van der Waals surface area contributed by atoms with Crippen LogP contribution in [-0.4, -0.2) is 64.6 Å². The number of hydrogen-bond donors (Lipinski definition) is 1. The molecule has 1 N–H and O–H groups in total. The highest BCUT2D eigenvalue weighted by molar-refractivity contribution is 7.90. The van der Waals surface area contributed by atoms with Crippen LogP contribution in [0.5, 0.6) is 0 Å². The van der Waals surface area contributed by atoms with E-state index in [9.17, 15) is 8.42 Å². The van der Waals surface area contributed by atoms with Crippen molar-refractivity contribution in [2.24, 2.45) is 4.99 Å². The van der Waals surface area contributed by atoms with Crippen LogP contribution in [0.2, 0.25) is 0 Å². The van der Waals surface area contributed by atoms with Crippen molar-refractivity contribution in [1.82, 2.24) is 10.2 Å². The molecule has 0 aliphatic rings. The molecule has 8 heteroatoms. The second-order valence-corrected chi connectivity index (χ2v) is 8.01. The third-order valence-corrected chi connectivity index (χ3v) is 4.43. The molecule has 6 nitrogen and oxygen atoms in total. The van der Waals surface area contributed by atoms with Crippen LogP contribution in [0.4, 0.5) is 0 Å². The van der Waals surface area contributed by atoms with E-state index in [4.69, 9.17) is 4.74 Å². The highest BCUT2D eigenvalue weighted by Crippen LogP contribution is 2.08. The molecule has 1 rings (SSSR count). The Hall–Kier alpha value is -1.12. The zero-order valence-electron chi connectivity index (χ0n) is 13.4. The lowest BCUT2D eigenvalue weighted by Gasteiger charge is -2.21. The molecular formula is C14H25N3O3S2. The van der Waals surface area contributed by atoms with Crippen LogP contribution < -0.4 is 5.32 Å². The fourth-order valence-electron chi connectivity index (χ4n) is 1.73. The van der Waals surface area contributed by atoms with Crippen LogP contribution in [0.3, 0.4) is 0 Å². The minimum Gasteiger partial charge on any atom is -0.378 e. The zero-order chi connectivity index (χ0) is 16.4. The molecule has 0 aromatic carbocycles. The molecule has 0 aliphatic carbocycles. The number of thiophene rings is 1. The number of ether oxygens (including phenoxy) is 1. The van der Waals surface area contributed by atoms with Gasteiger partial charge in [0.2, 0.25) is 0 Å². The van der Waals surface area contributed by atoms with Gasteiger partial charge in [-0.25, -0.2) is 8.42 Å². The average Bonchev–Trinajstić information content (AvgIpc) is 2.93. The van der Waals surface area contributed by atoms with Gasteiger partial charge in [-0.1, -0.05) is 0 Å². The summed E-state index contributed by atoms with van der Waals surface area (Å²) in [4.78, 5) is 6.55. The minimum atomic E-state index is -2.96. The van der Waals surface area contributed by atoms with E-state index < -0.39 is 9.84 Å². The van der Waals surface area contributed by atoms with Crippen LogP contribution in [0.25, 0.3) is 0 Å². The van der Waals surface area contributed by atoms with Crippen LogP contribution in [-0.2, 0) is 21.1 Å². The Morgan fingerprint density at radius 3 is 2.82 bits per heavy atom. The molecule has 1 aromatic rings. The number of nitrogens with zero attached hydrogens (tertiary/aromatic N) is 2. The minimum absolute atomic E-state index is 0.0504. The van der Waals surface area contributed by atoms with E-state index in [0.29, 0.717) is 13.2 Å². The lowest BCUT2D eigenvalue weighted by molar-refractivity contribution is 0.157. The molecule has 0 fully saturated rings. The number of rotatable bonds is 9. The topological polar surface area (TPSA) is 71.0 Å². The van der Waals surface area contributed by atoms with Crippen LogP contribution in [0.15, 0.2) is 21.8 Å². The van der Waals surface area contributed by atoms with Crippen molar-refractivity contribution < 1.29 is 13.2 Å². The summed E-state index contributed by atoms with van der Waals surface area (Å²) in [6.45, 7) is 4.75. The van der Waals surface area contributed by atoms with E-state index in [1.54, 1.807) is 11.3 Å². The molecule has 22 heavy (non-hydrogen) atoms. The SMILES string of the molecule is CCNC(=NCCOCCS(C)(=O)=O)N(C)Cc1ccsc1. The van der Waals surface area contributed by atoms with Crippen molar-refractivity contribution in [3.63, 3.8) is 0 Å². The number of guanidine groups is 1. The normalized spacial score (nSPS) is 12.4. The summed E-state index contributed by atoms with van der Waals surface area (Å²) in [5.74, 6) is 0.870. The number of sulfone groups is 1. The number of nitrogens with one attached hydrogen (secondary N) is 1. The van der Waals surface area contributed by atoms with Gasteiger partial charge in [-0.15, -0.1) is 0 Å². The summed E-state index contributed by atoms with van der Waals surface area (Å²) < 4.78 is 27.2. The highest BCUT2D eigenvalue weighted by atomic mass is 32.2. The molecule has 0 bridgehead atoms. The van der Waals surface area contributed by atoms with E-state index in [0.717, 1.165) is 19.0 Å². The van der Waals surface area contributed by atoms with Crippen molar-refractivity contribution in [3.8, 4) is 0 Å². The largest absolute Gasteiger partial charge is 0.378 e. The maximum absolute atomic E-state index is 11.0. The fourth-order valence-corrected chi connectivity index (χ4v) is 2.81. The fraction of sp³-hybridized carbons (Fsp3) is 0.643. The molecule has 126 valence electrons. The van der Waals surface area contributed by atoms with Crippen molar-refractivity contribution in [1.29, 1.82) is 0 Å². The predicted molar refractivity (Wildman–Crippen MR) is 92.3 cm³/mol. The van der Waals surface area contributed by atoms with E-state index in [2.05, 4.69) is 32.0 Å². The molecule has 1 heterocycles. The third kappa shape index (κ3) is 8.35.